The van der Waals surface area contributed by atoms with Crippen molar-refractivity contribution in [3.05, 3.63) is 53.1 Å². The molecule has 0 amide bonds. The van der Waals surface area contributed by atoms with Gasteiger partial charge in [0.15, 0.2) is 11.5 Å². The van der Waals surface area contributed by atoms with Crippen LogP contribution in [0.3, 0.4) is 0 Å². The Kier molecular flexibility index (Phi) is 6.03. The fourth-order valence-electron chi connectivity index (χ4n) is 2.64. The second-order valence-corrected chi connectivity index (χ2v) is 7.93. The van der Waals surface area contributed by atoms with E-state index >= 15 is 0 Å². The molecule has 1 unspecified atom stereocenters. The number of rotatable bonds is 6. The molecule has 1 aliphatic heterocycles. The van der Waals surface area contributed by atoms with Crippen molar-refractivity contribution in [2.75, 3.05) is 26.9 Å². The van der Waals surface area contributed by atoms with E-state index in [9.17, 15) is 8.42 Å². The van der Waals surface area contributed by atoms with E-state index in [0.29, 0.717) is 29.7 Å². The second kappa shape index (κ2) is 8.26. The Morgan fingerprint density at radius 2 is 1.88 bits per heavy atom. The first kappa shape index (κ1) is 19.0. The van der Waals surface area contributed by atoms with Crippen molar-refractivity contribution in [2.45, 2.75) is 17.4 Å². The van der Waals surface area contributed by atoms with Gasteiger partial charge in [-0.05, 0) is 18.2 Å². The maximum atomic E-state index is 12.6. The predicted octanol–water partition coefficient (Wildman–Crippen LogP) is 3.17. The average Bonchev–Trinajstić information content (AvgIpc) is 2.88. The number of methoxy groups -OCH3 is 1. The molecule has 1 N–H and O–H groups in total. The van der Waals surface area contributed by atoms with Gasteiger partial charge < -0.3 is 14.2 Å². The summed E-state index contributed by atoms with van der Waals surface area (Å²) in [6.45, 7) is 1.09. The SMILES string of the molecule is COC(CNS(=O)(=O)c1ccc2c(c1)OCCCO2)c1ccccc1Cl. The quantitative estimate of drug-likeness (QED) is 0.810. The molecule has 2 aromatic rings. The van der Waals surface area contributed by atoms with Crippen LogP contribution >= 0.6 is 11.6 Å². The molecule has 2 aromatic carbocycles. The molecule has 0 saturated heterocycles. The summed E-state index contributed by atoms with van der Waals surface area (Å²) in [4.78, 5) is 0.107. The number of sulfonamides is 1. The van der Waals surface area contributed by atoms with Crippen molar-refractivity contribution in [1.29, 1.82) is 0 Å². The van der Waals surface area contributed by atoms with Crippen molar-refractivity contribution in [2.24, 2.45) is 0 Å². The molecule has 0 radical (unpaired) electrons. The Morgan fingerprint density at radius 1 is 1.15 bits per heavy atom. The molecule has 6 nitrogen and oxygen atoms in total. The molecule has 26 heavy (non-hydrogen) atoms. The standard InChI is InChI=1S/C18H20ClNO5S/c1-23-18(14-5-2-3-6-15(14)19)12-20-26(21,22)13-7-8-16-17(11-13)25-10-4-9-24-16/h2-3,5-8,11,18,20H,4,9-10,12H2,1H3. The van der Waals surface area contributed by atoms with Gasteiger partial charge in [0.2, 0.25) is 10.0 Å². The molecule has 1 atom stereocenters. The fraction of sp³-hybridized carbons (Fsp3) is 0.333. The minimum atomic E-state index is -3.74. The Labute approximate surface area is 158 Å². The lowest BCUT2D eigenvalue weighted by molar-refractivity contribution is 0.107. The molecule has 140 valence electrons. The lowest BCUT2D eigenvalue weighted by Crippen LogP contribution is -2.29. The van der Waals surface area contributed by atoms with E-state index in [1.54, 1.807) is 24.3 Å². The summed E-state index contributed by atoms with van der Waals surface area (Å²) >= 11 is 6.17. The highest BCUT2D eigenvalue weighted by Crippen LogP contribution is 2.32. The zero-order chi connectivity index (χ0) is 18.6. The number of benzene rings is 2. The van der Waals surface area contributed by atoms with E-state index in [-0.39, 0.29) is 11.4 Å². The van der Waals surface area contributed by atoms with Crippen molar-refractivity contribution in [1.82, 2.24) is 4.72 Å². The Morgan fingerprint density at radius 3 is 2.62 bits per heavy atom. The van der Waals surface area contributed by atoms with Crippen molar-refractivity contribution in [3.63, 3.8) is 0 Å². The van der Waals surface area contributed by atoms with Crippen LogP contribution in [-0.2, 0) is 14.8 Å². The highest BCUT2D eigenvalue weighted by atomic mass is 35.5. The van der Waals surface area contributed by atoms with Gasteiger partial charge in [-0.1, -0.05) is 29.8 Å². The van der Waals surface area contributed by atoms with E-state index in [2.05, 4.69) is 4.72 Å². The lowest BCUT2D eigenvalue weighted by Gasteiger charge is -2.18. The van der Waals surface area contributed by atoms with E-state index in [1.807, 2.05) is 6.07 Å². The van der Waals surface area contributed by atoms with Gasteiger partial charge >= 0.3 is 0 Å². The fourth-order valence-corrected chi connectivity index (χ4v) is 3.94. The van der Waals surface area contributed by atoms with Gasteiger partial charge in [0.05, 0.1) is 24.2 Å². The smallest absolute Gasteiger partial charge is 0.240 e. The van der Waals surface area contributed by atoms with Crippen LogP contribution in [-0.4, -0.2) is 35.3 Å². The minimum absolute atomic E-state index is 0.0526. The van der Waals surface area contributed by atoms with Crippen molar-refractivity contribution >= 4 is 21.6 Å². The van der Waals surface area contributed by atoms with E-state index < -0.39 is 16.1 Å². The van der Waals surface area contributed by atoms with Gasteiger partial charge in [-0.15, -0.1) is 0 Å². The van der Waals surface area contributed by atoms with Crippen LogP contribution in [0, 0.1) is 0 Å². The van der Waals surface area contributed by atoms with Gasteiger partial charge in [-0.3, -0.25) is 0 Å². The number of halogens is 1. The van der Waals surface area contributed by atoms with Gasteiger partial charge in [0.1, 0.15) is 0 Å². The molecule has 0 saturated carbocycles. The third kappa shape index (κ3) is 4.29. The summed E-state index contributed by atoms with van der Waals surface area (Å²) in [7, 11) is -2.23. The molecule has 1 heterocycles. The number of ether oxygens (including phenoxy) is 3. The summed E-state index contributed by atoms with van der Waals surface area (Å²) in [6, 6.07) is 11.7. The summed E-state index contributed by atoms with van der Waals surface area (Å²) in [6.07, 6.45) is 0.251. The van der Waals surface area contributed by atoms with E-state index in [1.165, 1.54) is 19.2 Å². The maximum absolute atomic E-state index is 12.6. The summed E-state index contributed by atoms with van der Waals surface area (Å²) in [5.74, 6) is 0.979. The van der Waals surface area contributed by atoms with Gasteiger partial charge in [0, 0.05) is 36.7 Å². The van der Waals surface area contributed by atoms with Gasteiger partial charge in [-0.25, -0.2) is 13.1 Å². The lowest BCUT2D eigenvalue weighted by atomic mass is 10.1. The first-order valence-corrected chi connectivity index (χ1v) is 10.0. The summed E-state index contributed by atoms with van der Waals surface area (Å²) in [5, 5.41) is 0.522. The number of nitrogens with one attached hydrogen (secondary N) is 1. The Hall–Kier alpha value is -1.80. The molecule has 0 aliphatic carbocycles. The number of hydrogen-bond donors (Lipinski definition) is 1. The maximum Gasteiger partial charge on any atom is 0.240 e. The van der Waals surface area contributed by atoms with Crippen molar-refractivity contribution in [3.8, 4) is 11.5 Å². The van der Waals surface area contributed by atoms with Crippen LogP contribution in [0.15, 0.2) is 47.4 Å². The molecule has 3 rings (SSSR count). The number of hydrogen-bond acceptors (Lipinski definition) is 5. The molecule has 0 bridgehead atoms. The molecule has 0 fully saturated rings. The third-order valence-electron chi connectivity index (χ3n) is 4.02. The Bertz CT molecular complexity index is 872. The zero-order valence-corrected chi connectivity index (χ0v) is 15.8. The predicted molar refractivity (Wildman–Crippen MR) is 98.4 cm³/mol. The highest BCUT2D eigenvalue weighted by molar-refractivity contribution is 7.89. The summed E-state index contributed by atoms with van der Waals surface area (Å²) < 4.78 is 44.3. The number of fused-ring (bicyclic) bond motifs is 1. The minimum Gasteiger partial charge on any atom is -0.490 e. The molecule has 0 aromatic heterocycles. The van der Waals surface area contributed by atoms with Crippen LogP contribution in [0.5, 0.6) is 11.5 Å². The third-order valence-corrected chi connectivity index (χ3v) is 5.79. The molecule has 8 heteroatoms. The van der Waals surface area contributed by atoms with Crippen LogP contribution in [0.25, 0.3) is 0 Å². The van der Waals surface area contributed by atoms with E-state index in [4.69, 9.17) is 25.8 Å². The zero-order valence-electron chi connectivity index (χ0n) is 14.3. The highest BCUT2D eigenvalue weighted by Gasteiger charge is 2.21. The van der Waals surface area contributed by atoms with Crippen molar-refractivity contribution < 1.29 is 22.6 Å². The van der Waals surface area contributed by atoms with Crippen LogP contribution in [0.2, 0.25) is 5.02 Å². The molecule has 1 aliphatic rings. The van der Waals surface area contributed by atoms with E-state index in [0.717, 1.165) is 12.0 Å². The monoisotopic (exact) mass is 397 g/mol. The first-order valence-electron chi connectivity index (χ1n) is 8.18. The van der Waals surface area contributed by atoms with Crippen LogP contribution < -0.4 is 14.2 Å². The largest absolute Gasteiger partial charge is 0.490 e. The first-order chi connectivity index (χ1) is 12.5. The molecular formula is C18H20ClNO5S. The van der Waals surface area contributed by atoms with Crippen LogP contribution in [0.1, 0.15) is 18.1 Å². The van der Waals surface area contributed by atoms with Crippen LogP contribution in [0.4, 0.5) is 0 Å². The van der Waals surface area contributed by atoms with Gasteiger partial charge in [-0.2, -0.15) is 0 Å². The molecular weight excluding hydrogens is 378 g/mol. The second-order valence-electron chi connectivity index (χ2n) is 5.76. The van der Waals surface area contributed by atoms with Gasteiger partial charge in [0.25, 0.3) is 0 Å². The average molecular weight is 398 g/mol. The molecule has 0 spiro atoms. The topological polar surface area (TPSA) is 73.9 Å². The normalized spacial score (nSPS) is 15.3. The summed E-state index contributed by atoms with van der Waals surface area (Å²) in [5.41, 5.74) is 0.720. The Balaban J connectivity index is 1.76.